The van der Waals surface area contributed by atoms with E-state index in [9.17, 15) is 0 Å². The highest BCUT2D eigenvalue weighted by atomic mass is 32.1. The van der Waals surface area contributed by atoms with E-state index in [4.69, 9.17) is 0 Å². The van der Waals surface area contributed by atoms with Gasteiger partial charge in [-0.3, -0.25) is 0 Å². The number of thiophene rings is 1. The van der Waals surface area contributed by atoms with Crippen LogP contribution in [0, 0.1) is 5.92 Å². The van der Waals surface area contributed by atoms with Gasteiger partial charge in [0, 0.05) is 36.3 Å². The maximum atomic E-state index is 4.39. The normalized spacial score (nSPS) is 12.9. The van der Waals surface area contributed by atoms with Crippen molar-refractivity contribution in [3.63, 3.8) is 0 Å². The second kappa shape index (κ2) is 6.05. The summed E-state index contributed by atoms with van der Waals surface area (Å²) in [5, 5.41) is 5.62. The minimum atomic E-state index is 0.400. The van der Waals surface area contributed by atoms with Crippen LogP contribution < -0.4 is 5.32 Å². The highest BCUT2D eigenvalue weighted by Crippen LogP contribution is 2.14. The molecule has 3 nitrogen and oxygen atoms in total. The van der Waals surface area contributed by atoms with Crippen LogP contribution in [0.2, 0.25) is 0 Å². The second-order valence-corrected chi connectivity index (χ2v) is 6.16. The van der Waals surface area contributed by atoms with Gasteiger partial charge in [0.25, 0.3) is 0 Å². The van der Waals surface area contributed by atoms with Gasteiger partial charge in [0.15, 0.2) is 0 Å². The predicted octanol–water partition coefficient (Wildman–Crippen LogP) is 3.64. The van der Waals surface area contributed by atoms with E-state index >= 15 is 0 Å². The van der Waals surface area contributed by atoms with E-state index in [1.165, 1.54) is 4.88 Å². The van der Waals surface area contributed by atoms with E-state index in [-0.39, 0.29) is 0 Å². The molecule has 1 unspecified atom stereocenters. The summed E-state index contributed by atoms with van der Waals surface area (Å²) in [6.45, 7) is 7.65. The van der Waals surface area contributed by atoms with Gasteiger partial charge in [-0.25, -0.2) is 4.98 Å². The molecule has 2 aromatic heterocycles. The Labute approximate surface area is 113 Å². The molecule has 0 saturated heterocycles. The van der Waals surface area contributed by atoms with Gasteiger partial charge >= 0.3 is 0 Å². The van der Waals surface area contributed by atoms with Crippen molar-refractivity contribution in [2.75, 3.05) is 5.32 Å². The SMILES string of the molecule is CC(C)Cn1ccnc1NC(C)Cc1cccs1. The Morgan fingerprint density at radius 3 is 2.89 bits per heavy atom. The lowest BCUT2D eigenvalue weighted by Gasteiger charge is -2.16. The fraction of sp³-hybridized carbons (Fsp3) is 0.500. The van der Waals surface area contributed by atoms with Crippen molar-refractivity contribution < 1.29 is 0 Å². The first-order valence-electron chi connectivity index (χ1n) is 6.45. The maximum Gasteiger partial charge on any atom is 0.202 e. The molecule has 0 amide bonds. The number of rotatable bonds is 6. The number of hydrogen-bond acceptors (Lipinski definition) is 3. The maximum absolute atomic E-state index is 4.39. The Hall–Kier alpha value is -1.29. The average Bonchev–Trinajstić information content (AvgIpc) is 2.91. The van der Waals surface area contributed by atoms with Crippen molar-refractivity contribution in [1.82, 2.24) is 9.55 Å². The summed E-state index contributed by atoms with van der Waals surface area (Å²) in [7, 11) is 0. The van der Waals surface area contributed by atoms with Crippen molar-refractivity contribution in [2.24, 2.45) is 5.92 Å². The Morgan fingerprint density at radius 2 is 2.22 bits per heavy atom. The van der Waals surface area contributed by atoms with Gasteiger partial charge in [-0.15, -0.1) is 11.3 Å². The monoisotopic (exact) mass is 263 g/mol. The summed E-state index contributed by atoms with van der Waals surface area (Å²) >= 11 is 1.81. The molecule has 0 spiro atoms. The molecule has 2 aromatic rings. The topological polar surface area (TPSA) is 29.9 Å². The quantitative estimate of drug-likeness (QED) is 0.862. The summed E-state index contributed by atoms with van der Waals surface area (Å²) < 4.78 is 2.19. The van der Waals surface area contributed by atoms with Crippen LogP contribution in [-0.4, -0.2) is 15.6 Å². The summed E-state index contributed by atoms with van der Waals surface area (Å²) in [4.78, 5) is 5.81. The molecule has 1 N–H and O–H groups in total. The van der Waals surface area contributed by atoms with Gasteiger partial charge in [-0.2, -0.15) is 0 Å². The van der Waals surface area contributed by atoms with E-state index in [0.29, 0.717) is 12.0 Å². The number of nitrogens with zero attached hydrogens (tertiary/aromatic N) is 2. The smallest absolute Gasteiger partial charge is 0.202 e. The van der Waals surface area contributed by atoms with Gasteiger partial charge < -0.3 is 9.88 Å². The molecule has 0 saturated carbocycles. The van der Waals surface area contributed by atoms with E-state index in [0.717, 1.165) is 18.9 Å². The lowest BCUT2D eigenvalue weighted by Crippen LogP contribution is -2.21. The van der Waals surface area contributed by atoms with Gasteiger partial charge in [0.2, 0.25) is 5.95 Å². The molecule has 0 aliphatic heterocycles. The van der Waals surface area contributed by atoms with Gasteiger partial charge in [0.05, 0.1) is 0 Å². The van der Waals surface area contributed by atoms with Crippen molar-refractivity contribution in [3.8, 4) is 0 Å². The molecule has 2 rings (SSSR count). The Bertz CT molecular complexity index is 459. The third kappa shape index (κ3) is 3.60. The molecule has 0 aliphatic carbocycles. The summed E-state index contributed by atoms with van der Waals surface area (Å²) in [6.07, 6.45) is 4.95. The van der Waals surface area contributed by atoms with Crippen LogP contribution in [0.15, 0.2) is 29.9 Å². The molecule has 18 heavy (non-hydrogen) atoms. The molecule has 4 heteroatoms. The molecule has 0 radical (unpaired) electrons. The standard InChI is InChI=1S/C14H21N3S/c1-11(2)10-17-7-6-15-14(17)16-12(3)9-13-5-4-8-18-13/h4-8,11-12H,9-10H2,1-3H3,(H,15,16). The lowest BCUT2D eigenvalue weighted by atomic mass is 10.2. The first-order valence-corrected chi connectivity index (χ1v) is 7.33. The lowest BCUT2D eigenvalue weighted by molar-refractivity contribution is 0.524. The van der Waals surface area contributed by atoms with Crippen molar-refractivity contribution in [1.29, 1.82) is 0 Å². The molecule has 0 bridgehead atoms. The minimum Gasteiger partial charge on any atom is -0.353 e. The third-order valence-electron chi connectivity index (χ3n) is 2.74. The molecule has 0 fully saturated rings. The van der Waals surface area contributed by atoms with Crippen LogP contribution in [0.5, 0.6) is 0 Å². The molecular formula is C14H21N3S. The van der Waals surface area contributed by atoms with Crippen LogP contribution in [-0.2, 0) is 13.0 Å². The van der Waals surface area contributed by atoms with Gasteiger partial charge in [0.1, 0.15) is 0 Å². The van der Waals surface area contributed by atoms with E-state index < -0.39 is 0 Å². The Balaban J connectivity index is 1.94. The molecule has 0 aromatic carbocycles. The summed E-state index contributed by atoms with van der Waals surface area (Å²) in [5.74, 6) is 1.61. The highest BCUT2D eigenvalue weighted by Gasteiger charge is 2.09. The number of aromatic nitrogens is 2. The molecule has 1 atom stereocenters. The number of nitrogens with one attached hydrogen (secondary N) is 1. The molecule has 0 aliphatic rings. The summed E-state index contributed by atoms with van der Waals surface area (Å²) in [5.41, 5.74) is 0. The van der Waals surface area contributed by atoms with Crippen LogP contribution in [0.25, 0.3) is 0 Å². The fourth-order valence-electron chi connectivity index (χ4n) is 1.99. The van der Waals surface area contributed by atoms with E-state index in [1.54, 1.807) is 0 Å². The van der Waals surface area contributed by atoms with Gasteiger partial charge in [-0.05, 0) is 24.3 Å². The first kappa shape index (κ1) is 13.1. The van der Waals surface area contributed by atoms with Crippen LogP contribution >= 0.6 is 11.3 Å². The number of anilines is 1. The van der Waals surface area contributed by atoms with Crippen molar-refractivity contribution in [3.05, 3.63) is 34.8 Å². The Morgan fingerprint density at radius 1 is 1.39 bits per heavy atom. The average molecular weight is 263 g/mol. The Kier molecular flexibility index (Phi) is 4.42. The van der Waals surface area contributed by atoms with E-state index in [2.05, 4.69) is 53.2 Å². The predicted molar refractivity (Wildman–Crippen MR) is 78.2 cm³/mol. The molecule has 98 valence electrons. The minimum absolute atomic E-state index is 0.400. The van der Waals surface area contributed by atoms with Crippen LogP contribution in [0.4, 0.5) is 5.95 Å². The number of imidazole rings is 1. The largest absolute Gasteiger partial charge is 0.353 e. The van der Waals surface area contributed by atoms with Crippen LogP contribution in [0.3, 0.4) is 0 Å². The number of hydrogen-bond donors (Lipinski definition) is 1. The van der Waals surface area contributed by atoms with Crippen LogP contribution in [0.1, 0.15) is 25.6 Å². The first-order chi connectivity index (χ1) is 8.65. The van der Waals surface area contributed by atoms with Crippen molar-refractivity contribution >= 4 is 17.3 Å². The fourth-order valence-corrected chi connectivity index (χ4v) is 2.83. The third-order valence-corrected chi connectivity index (χ3v) is 3.64. The highest BCUT2D eigenvalue weighted by molar-refractivity contribution is 7.09. The molecular weight excluding hydrogens is 242 g/mol. The second-order valence-electron chi connectivity index (χ2n) is 5.13. The molecule has 2 heterocycles. The summed E-state index contributed by atoms with van der Waals surface area (Å²) in [6, 6.07) is 4.69. The zero-order valence-electron chi connectivity index (χ0n) is 11.3. The zero-order valence-corrected chi connectivity index (χ0v) is 12.1. The van der Waals surface area contributed by atoms with Gasteiger partial charge in [-0.1, -0.05) is 19.9 Å². The zero-order chi connectivity index (χ0) is 13.0. The van der Waals surface area contributed by atoms with Crippen molar-refractivity contribution in [2.45, 2.75) is 39.8 Å². The van der Waals surface area contributed by atoms with E-state index in [1.807, 2.05) is 23.7 Å².